The van der Waals surface area contributed by atoms with Crippen LogP contribution in [-0.2, 0) is 21.4 Å². The van der Waals surface area contributed by atoms with Crippen molar-refractivity contribution >= 4 is 49.0 Å². The van der Waals surface area contributed by atoms with Crippen LogP contribution >= 0.6 is 27.3 Å². The van der Waals surface area contributed by atoms with Crippen LogP contribution in [0.2, 0.25) is 0 Å². The summed E-state index contributed by atoms with van der Waals surface area (Å²) in [5.41, 5.74) is 0.493. The van der Waals surface area contributed by atoms with Gasteiger partial charge in [0.2, 0.25) is 5.91 Å². The lowest BCUT2D eigenvalue weighted by atomic mass is 10.2. The molecule has 1 N–H and O–H groups in total. The van der Waals surface area contributed by atoms with E-state index in [0.717, 1.165) is 8.66 Å². The van der Waals surface area contributed by atoms with Crippen LogP contribution < -0.4 is 4.72 Å². The van der Waals surface area contributed by atoms with Gasteiger partial charge in [0.15, 0.2) is 0 Å². The maximum absolute atomic E-state index is 12.5. The van der Waals surface area contributed by atoms with Crippen LogP contribution in [0, 0.1) is 0 Å². The fourth-order valence-electron chi connectivity index (χ4n) is 2.55. The number of thiophene rings is 1. The first-order valence-electron chi connectivity index (χ1n) is 7.47. The number of benzene rings is 1. The van der Waals surface area contributed by atoms with Crippen molar-refractivity contribution in [1.29, 1.82) is 0 Å². The summed E-state index contributed by atoms with van der Waals surface area (Å²) in [5.74, 6) is 0.0318. The lowest BCUT2D eigenvalue weighted by Gasteiger charge is -2.19. The summed E-state index contributed by atoms with van der Waals surface area (Å²) in [6.45, 7) is 2.14. The number of halogens is 1. The molecule has 132 valence electrons. The Kier molecular flexibility index (Phi) is 4.99. The molecule has 0 fully saturated rings. The molecule has 0 bridgehead atoms. The van der Waals surface area contributed by atoms with Gasteiger partial charge in [-0.2, -0.15) is 0 Å². The zero-order valence-electron chi connectivity index (χ0n) is 13.6. The average Bonchev–Trinajstić information content (AvgIpc) is 3.08. The van der Waals surface area contributed by atoms with Crippen molar-refractivity contribution in [3.63, 3.8) is 0 Å². The molecule has 9 heteroatoms. The Morgan fingerprint density at radius 3 is 2.72 bits per heavy atom. The summed E-state index contributed by atoms with van der Waals surface area (Å²) in [6.07, 6.45) is 0. The van der Waals surface area contributed by atoms with Gasteiger partial charge in [-0.1, -0.05) is 12.1 Å². The van der Waals surface area contributed by atoms with Crippen molar-refractivity contribution in [3.8, 4) is 0 Å². The zero-order valence-corrected chi connectivity index (χ0v) is 16.8. The number of nitrogens with zero attached hydrogens (tertiary/aromatic N) is 2. The monoisotopic (exact) mass is 441 g/mol. The van der Waals surface area contributed by atoms with E-state index in [9.17, 15) is 13.2 Å². The highest BCUT2D eigenvalue weighted by Gasteiger charge is 2.31. The number of amidine groups is 1. The lowest BCUT2D eigenvalue weighted by Crippen LogP contribution is -2.35. The minimum Gasteiger partial charge on any atom is -0.339 e. The fourth-order valence-corrected chi connectivity index (χ4v) is 5.32. The summed E-state index contributed by atoms with van der Waals surface area (Å²) in [5, 5.41) is 0. The molecule has 25 heavy (non-hydrogen) atoms. The first-order chi connectivity index (χ1) is 11.8. The number of aliphatic imine (C=N–C) groups is 1. The van der Waals surface area contributed by atoms with Crippen molar-refractivity contribution in [2.75, 3.05) is 7.05 Å². The van der Waals surface area contributed by atoms with Crippen molar-refractivity contribution in [2.45, 2.75) is 24.4 Å². The molecule has 1 amide bonds. The molecule has 3 rings (SSSR count). The average molecular weight is 442 g/mol. The quantitative estimate of drug-likeness (QED) is 0.791. The fraction of sp³-hybridized carbons (Fsp3) is 0.250. The van der Waals surface area contributed by atoms with E-state index in [1.165, 1.54) is 6.07 Å². The van der Waals surface area contributed by atoms with E-state index in [1.54, 1.807) is 48.4 Å². The molecule has 6 nitrogen and oxygen atoms in total. The molecular formula is C16H16BrN3O3S2. The summed E-state index contributed by atoms with van der Waals surface area (Å²) >= 11 is 4.96. The topological polar surface area (TPSA) is 78.8 Å². The van der Waals surface area contributed by atoms with Crippen LogP contribution in [0.25, 0.3) is 0 Å². The van der Waals surface area contributed by atoms with Crippen LogP contribution in [0.3, 0.4) is 0 Å². The highest BCUT2D eigenvalue weighted by molar-refractivity contribution is 9.11. The summed E-state index contributed by atoms with van der Waals surface area (Å²) in [7, 11) is -1.89. The van der Waals surface area contributed by atoms with E-state index in [-0.39, 0.29) is 16.6 Å². The second kappa shape index (κ2) is 6.89. The van der Waals surface area contributed by atoms with Crippen LogP contribution in [0.1, 0.15) is 17.4 Å². The Balaban J connectivity index is 1.78. The SMILES string of the molecule is CC(N=C1NS(=O)(=O)c2ccccc21)C(=O)N(C)Cc1ccc(Br)s1. The smallest absolute Gasteiger partial charge is 0.263 e. The largest absolute Gasteiger partial charge is 0.339 e. The standard InChI is InChI=1S/C16H16BrN3O3S2/c1-10(16(21)20(2)9-11-7-8-14(17)24-11)18-15-12-5-3-4-6-13(12)25(22,23)19-15/h3-8,10H,9H2,1-2H3,(H,18,19). The normalized spacial score (nSPS) is 17.8. The van der Waals surface area contributed by atoms with E-state index in [1.807, 2.05) is 12.1 Å². The number of carbonyl (C=O) groups is 1. The zero-order chi connectivity index (χ0) is 18.2. The summed E-state index contributed by atoms with van der Waals surface area (Å²) in [4.78, 5) is 19.7. The second-order valence-corrected chi connectivity index (χ2v) is 9.85. The van der Waals surface area contributed by atoms with Crippen molar-refractivity contribution in [1.82, 2.24) is 9.62 Å². The van der Waals surface area contributed by atoms with Crippen LogP contribution in [-0.4, -0.2) is 38.2 Å². The third-order valence-electron chi connectivity index (χ3n) is 3.74. The maximum atomic E-state index is 12.5. The number of carbonyl (C=O) groups excluding carboxylic acids is 1. The van der Waals surface area contributed by atoms with Gasteiger partial charge in [-0.3, -0.25) is 14.5 Å². The highest BCUT2D eigenvalue weighted by Crippen LogP contribution is 2.24. The van der Waals surface area contributed by atoms with E-state index in [4.69, 9.17) is 0 Å². The van der Waals surface area contributed by atoms with Gasteiger partial charge in [0, 0.05) is 17.5 Å². The minimum absolute atomic E-state index is 0.180. The Bertz CT molecular complexity index is 953. The van der Waals surface area contributed by atoms with Gasteiger partial charge in [-0.15, -0.1) is 11.3 Å². The minimum atomic E-state index is -3.60. The Morgan fingerprint density at radius 1 is 1.32 bits per heavy atom. The van der Waals surface area contributed by atoms with Crippen LogP contribution in [0.5, 0.6) is 0 Å². The molecule has 0 radical (unpaired) electrons. The van der Waals surface area contributed by atoms with Gasteiger partial charge in [0.25, 0.3) is 10.0 Å². The third kappa shape index (κ3) is 3.78. The molecular weight excluding hydrogens is 426 g/mol. The highest BCUT2D eigenvalue weighted by atomic mass is 79.9. The number of hydrogen-bond acceptors (Lipinski definition) is 5. The number of fused-ring (bicyclic) bond motifs is 1. The van der Waals surface area contributed by atoms with Crippen molar-refractivity contribution < 1.29 is 13.2 Å². The van der Waals surface area contributed by atoms with Gasteiger partial charge in [-0.05, 0) is 47.1 Å². The molecule has 2 aromatic rings. The number of rotatable bonds is 4. The first kappa shape index (κ1) is 18.1. The Hall–Kier alpha value is -1.71. The molecule has 1 atom stereocenters. The lowest BCUT2D eigenvalue weighted by molar-refractivity contribution is -0.131. The van der Waals surface area contributed by atoms with E-state index in [2.05, 4.69) is 25.6 Å². The van der Waals surface area contributed by atoms with Crippen LogP contribution in [0.15, 0.2) is 50.1 Å². The molecule has 0 saturated carbocycles. The second-order valence-electron chi connectivity index (χ2n) is 5.66. The predicted octanol–water partition coefficient (Wildman–Crippen LogP) is 2.60. The molecule has 0 aliphatic carbocycles. The summed E-state index contributed by atoms with van der Waals surface area (Å²) in [6, 6.07) is 9.79. The Labute approximate surface area is 158 Å². The molecule has 2 heterocycles. The molecule has 1 aliphatic rings. The van der Waals surface area contributed by atoms with Gasteiger partial charge in [0.05, 0.1) is 15.2 Å². The van der Waals surface area contributed by atoms with Gasteiger partial charge < -0.3 is 4.90 Å². The van der Waals surface area contributed by atoms with Gasteiger partial charge >= 0.3 is 0 Å². The molecule has 0 saturated heterocycles. The third-order valence-corrected chi connectivity index (χ3v) is 6.75. The number of nitrogens with one attached hydrogen (secondary N) is 1. The number of sulfonamides is 1. The number of amides is 1. The Morgan fingerprint density at radius 2 is 2.04 bits per heavy atom. The van der Waals surface area contributed by atoms with Crippen molar-refractivity contribution in [3.05, 3.63) is 50.6 Å². The summed E-state index contributed by atoms with van der Waals surface area (Å²) < 4.78 is 27.6. The number of likely N-dealkylation sites (N-methyl/N-ethyl adjacent to an activating group) is 1. The van der Waals surface area contributed by atoms with E-state index in [0.29, 0.717) is 12.1 Å². The molecule has 0 spiro atoms. The molecule has 1 unspecified atom stereocenters. The molecule has 1 aliphatic heterocycles. The molecule has 1 aromatic heterocycles. The van der Waals surface area contributed by atoms with E-state index >= 15 is 0 Å². The first-order valence-corrected chi connectivity index (χ1v) is 10.6. The molecule has 1 aromatic carbocycles. The van der Waals surface area contributed by atoms with Gasteiger partial charge in [-0.25, -0.2) is 8.42 Å². The maximum Gasteiger partial charge on any atom is 0.263 e. The number of hydrogen-bond donors (Lipinski definition) is 1. The van der Waals surface area contributed by atoms with Crippen LogP contribution in [0.4, 0.5) is 0 Å². The predicted molar refractivity (Wildman–Crippen MR) is 101 cm³/mol. The van der Waals surface area contributed by atoms with Gasteiger partial charge in [0.1, 0.15) is 11.9 Å². The van der Waals surface area contributed by atoms with Crippen molar-refractivity contribution in [2.24, 2.45) is 4.99 Å². The van der Waals surface area contributed by atoms with E-state index < -0.39 is 16.1 Å².